The number of methoxy groups -OCH3 is 1. The van der Waals surface area contributed by atoms with Crippen molar-refractivity contribution in [1.82, 2.24) is 15.1 Å². The molecule has 0 bridgehead atoms. The Morgan fingerprint density at radius 2 is 1.71 bits per heavy atom. The van der Waals surface area contributed by atoms with Gasteiger partial charge in [0.15, 0.2) is 0 Å². The number of ether oxygens (including phenoxy) is 1. The van der Waals surface area contributed by atoms with E-state index in [2.05, 4.69) is 10.4 Å². The monoisotopic (exact) mass is 377 g/mol. The number of nitrogens with zero attached hydrogens (tertiary/aromatic N) is 2. The second kappa shape index (κ2) is 9.62. The van der Waals surface area contributed by atoms with Gasteiger partial charge in [-0.2, -0.15) is 5.10 Å². The Bertz CT molecular complexity index is 956. The Kier molecular flexibility index (Phi) is 6.70. The molecule has 6 nitrogen and oxygen atoms in total. The highest BCUT2D eigenvalue weighted by atomic mass is 16.5. The molecule has 1 amide bonds. The highest BCUT2D eigenvalue weighted by Crippen LogP contribution is 2.18. The number of hydrogen-bond acceptors (Lipinski definition) is 4. The van der Waals surface area contributed by atoms with E-state index in [-0.39, 0.29) is 23.2 Å². The van der Waals surface area contributed by atoms with Crippen LogP contribution in [0.5, 0.6) is 0 Å². The number of aromatic nitrogens is 2. The Hall–Kier alpha value is -3.25. The van der Waals surface area contributed by atoms with Gasteiger partial charge in [-0.25, -0.2) is 4.68 Å². The average molecular weight is 377 g/mol. The smallest absolute Gasteiger partial charge is 0.272 e. The van der Waals surface area contributed by atoms with Gasteiger partial charge in [0.25, 0.3) is 11.5 Å². The number of amides is 1. The van der Waals surface area contributed by atoms with Crippen LogP contribution in [0.2, 0.25) is 0 Å². The van der Waals surface area contributed by atoms with E-state index in [9.17, 15) is 9.59 Å². The maximum Gasteiger partial charge on any atom is 0.272 e. The van der Waals surface area contributed by atoms with E-state index in [1.54, 1.807) is 7.11 Å². The first-order chi connectivity index (χ1) is 13.7. The molecule has 0 aliphatic rings. The van der Waals surface area contributed by atoms with Crippen molar-refractivity contribution >= 4 is 5.91 Å². The summed E-state index contributed by atoms with van der Waals surface area (Å²) < 4.78 is 6.23. The molecule has 0 saturated heterocycles. The summed E-state index contributed by atoms with van der Waals surface area (Å²) in [6, 6.07) is 22.4. The molecule has 3 rings (SSSR count). The summed E-state index contributed by atoms with van der Waals surface area (Å²) in [7, 11) is 1.55. The summed E-state index contributed by atoms with van der Waals surface area (Å²) in [5.41, 5.74) is 2.06. The molecule has 0 aliphatic carbocycles. The fourth-order valence-electron chi connectivity index (χ4n) is 2.93. The third kappa shape index (κ3) is 5.14. The Morgan fingerprint density at radius 1 is 1.04 bits per heavy atom. The number of nitrogens with one attached hydrogen (secondary N) is 1. The molecule has 0 aliphatic heterocycles. The normalized spacial score (nSPS) is 11.8. The van der Waals surface area contributed by atoms with Gasteiger partial charge in [-0.3, -0.25) is 9.59 Å². The Balaban J connectivity index is 1.82. The summed E-state index contributed by atoms with van der Waals surface area (Å²) >= 11 is 0. The number of rotatable bonds is 8. The lowest BCUT2D eigenvalue weighted by Gasteiger charge is -2.19. The first-order valence-corrected chi connectivity index (χ1v) is 9.14. The van der Waals surface area contributed by atoms with E-state index in [4.69, 9.17) is 4.74 Å². The van der Waals surface area contributed by atoms with Crippen LogP contribution >= 0.6 is 0 Å². The van der Waals surface area contributed by atoms with Gasteiger partial charge in [0, 0.05) is 13.2 Å². The minimum atomic E-state index is -0.323. The minimum absolute atomic E-state index is 0.199. The van der Waals surface area contributed by atoms with Crippen molar-refractivity contribution in [2.24, 2.45) is 0 Å². The zero-order chi connectivity index (χ0) is 19.8. The molecule has 0 fully saturated rings. The van der Waals surface area contributed by atoms with E-state index < -0.39 is 0 Å². The number of hydrogen-bond donors (Lipinski definition) is 1. The van der Waals surface area contributed by atoms with Crippen LogP contribution in [0, 0.1) is 0 Å². The van der Waals surface area contributed by atoms with Crippen molar-refractivity contribution < 1.29 is 9.53 Å². The van der Waals surface area contributed by atoms with Crippen molar-refractivity contribution in [3.8, 4) is 0 Å². The van der Waals surface area contributed by atoms with Gasteiger partial charge in [-0.15, -0.1) is 0 Å². The highest BCUT2D eigenvalue weighted by Gasteiger charge is 2.18. The number of carbonyl (C=O) groups is 1. The van der Waals surface area contributed by atoms with Crippen LogP contribution < -0.4 is 10.9 Å². The molecule has 0 saturated carbocycles. The molecule has 144 valence electrons. The van der Waals surface area contributed by atoms with Crippen molar-refractivity contribution in [3.63, 3.8) is 0 Å². The van der Waals surface area contributed by atoms with Gasteiger partial charge >= 0.3 is 0 Å². The molecule has 28 heavy (non-hydrogen) atoms. The second-order valence-corrected chi connectivity index (χ2v) is 6.40. The molecule has 0 radical (unpaired) electrons. The SMILES string of the molecule is COCCn1nc(C(=O)NC(Cc2ccccc2)c2ccccc2)ccc1=O. The first-order valence-electron chi connectivity index (χ1n) is 9.14. The van der Waals surface area contributed by atoms with Crippen LogP contribution in [0.15, 0.2) is 77.6 Å². The van der Waals surface area contributed by atoms with Crippen LogP contribution in [-0.2, 0) is 17.7 Å². The van der Waals surface area contributed by atoms with Crippen molar-refractivity contribution in [2.45, 2.75) is 19.0 Å². The molecule has 1 aromatic heterocycles. The van der Waals surface area contributed by atoms with Crippen LogP contribution in [0.4, 0.5) is 0 Å². The molecule has 6 heteroatoms. The summed E-state index contributed by atoms with van der Waals surface area (Å²) in [6.45, 7) is 0.640. The maximum atomic E-state index is 12.8. The van der Waals surface area contributed by atoms with Crippen molar-refractivity contribution in [1.29, 1.82) is 0 Å². The molecular formula is C22H23N3O3. The Morgan fingerprint density at radius 3 is 2.39 bits per heavy atom. The minimum Gasteiger partial charge on any atom is -0.383 e. The number of carbonyl (C=O) groups excluding carboxylic acids is 1. The van der Waals surface area contributed by atoms with E-state index in [1.807, 2.05) is 60.7 Å². The first kappa shape index (κ1) is 19.5. The molecule has 1 N–H and O–H groups in total. The molecule has 1 heterocycles. The van der Waals surface area contributed by atoms with E-state index in [0.29, 0.717) is 19.6 Å². The molecule has 3 aromatic rings. The van der Waals surface area contributed by atoms with Gasteiger partial charge in [0.05, 0.1) is 19.2 Å². The number of benzene rings is 2. The van der Waals surface area contributed by atoms with Crippen LogP contribution in [-0.4, -0.2) is 29.4 Å². The molecular weight excluding hydrogens is 354 g/mol. The predicted octanol–water partition coefficient (Wildman–Crippen LogP) is 2.60. The fraction of sp³-hybridized carbons (Fsp3) is 0.227. The van der Waals surface area contributed by atoms with Gasteiger partial charge < -0.3 is 10.1 Å². The average Bonchev–Trinajstić information content (AvgIpc) is 2.74. The van der Waals surface area contributed by atoms with Gasteiger partial charge in [-0.1, -0.05) is 60.7 Å². The topological polar surface area (TPSA) is 73.2 Å². The maximum absolute atomic E-state index is 12.8. The molecule has 1 atom stereocenters. The predicted molar refractivity (Wildman–Crippen MR) is 107 cm³/mol. The zero-order valence-electron chi connectivity index (χ0n) is 15.7. The van der Waals surface area contributed by atoms with E-state index in [1.165, 1.54) is 16.8 Å². The lowest BCUT2D eigenvalue weighted by Crippen LogP contribution is -2.33. The zero-order valence-corrected chi connectivity index (χ0v) is 15.7. The lowest BCUT2D eigenvalue weighted by atomic mass is 9.98. The van der Waals surface area contributed by atoms with Gasteiger partial charge in [-0.05, 0) is 23.6 Å². The third-order valence-corrected chi connectivity index (χ3v) is 4.40. The quantitative estimate of drug-likeness (QED) is 0.655. The highest BCUT2D eigenvalue weighted by molar-refractivity contribution is 5.92. The summed E-state index contributed by atoms with van der Waals surface area (Å²) in [4.78, 5) is 24.7. The van der Waals surface area contributed by atoms with Crippen LogP contribution in [0.25, 0.3) is 0 Å². The van der Waals surface area contributed by atoms with Crippen LogP contribution in [0.3, 0.4) is 0 Å². The third-order valence-electron chi connectivity index (χ3n) is 4.40. The van der Waals surface area contributed by atoms with Crippen molar-refractivity contribution in [3.05, 3.63) is 100.0 Å². The van der Waals surface area contributed by atoms with E-state index in [0.717, 1.165) is 11.1 Å². The largest absolute Gasteiger partial charge is 0.383 e. The molecule has 2 aromatic carbocycles. The van der Waals surface area contributed by atoms with Crippen molar-refractivity contribution in [2.75, 3.05) is 13.7 Å². The second-order valence-electron chi connectivity index (χ2n) is 6.40. The Labute approximate surface area is 163 Å². The summed E-state index contributed by atoms with van der Waals surface area (Å²) in [6.07, 6.45) is 0.653. The fourth-order valence-corrected chi connectivity index (χ4v) is 2.93. The van der Waals surface area contributed by atoms with E-state index >= 15 is 0 Å². The van der Waals surface area contributed by atoms with Crippen LogP contribution in [0.1, 0.15) is 27.7 Å². The lowest BCUT2D eigenvalue weighted by molar-refractivity contribution is 0.0927. The molecule has 0 spiro atoms. The standard InChI is InChI=1S/C22H23N3O3/c1-28-15-14-25-21(26)13-12-19(24-25)22(27)23-20(18-10-6-3-7-11-18)16-17-8-4-2-5-9-17/h2-13,20H,14-16H2,1H3,(H,23,27). The summed E-state index contributed by atoms with van der Waals surface area (Å²) in [5, 5.41) is 7.23. The summed E-state index contributed by atoms with van der Waals surface area (Å²) in [5.74, 6) is -0.323. The van der Waals surface area contributed by atoms with Gasteiger partial charge in [0.2, 0.25) is 0 Å². The molecule has 1 unspecified atom stereocenters. The van der Waals surface area contributed by atoms with Gasteiger partial charge in [0.1, 0.15) is 5.69 Å².